The molecule has 0 spiro atoms. The number of rotatable bonds is 21. The summed E-state index contributed by atoms with van der Waals surface area (Å²) in [6.45, 7) is 18.8. The second kappa shape index (κ2) is 26.0. The first-order chi connectivity index (χ1) is 49.5. The molecule has 2 aliphatic heterocycles. The molecular formula is C85H78N8O7S. The van der Waals surface area contributed by atoms with Gasteiger partial charge in [0.25, 0.3) is 12.1 Å². The standard InChI is InChI=1S/C85H78N8O7S/c1-8-58-61(72-38-23-49-101-72)41-43-69-75(58)88-80(97-69)81-93(77-62(32-22-37-71(77)98-81)78-86-63-33-17-18-34-66(63)95-78)85(7,84(5,6)82-89-73-55(29-20-35-67(73)99-82)39-40-60(53-25-13-11-14-26-53)54-27-15-12-16-28-54)83-90-74-56(30-21-36-68(74)100-83)51-65(92(10-3)57-31-19-24-52(4)50-57)79-87-76-59(9-2)64(42-44-70(76)96-79)91-45-47-94-48-46-91/h11-38,41-44,49-50,60,65,81H,8-10,39-40,45-48,51H2,1-7H3. The number of anilines is 3. The Hall–Kier alpha value is -10.8. The molecule has 0 amide bonds. The van der Waals surface area contributed by atoms with Crippen molar-refractivity contribution in [2.24, 2.45) is 0 Å². The smallest absolute Gasteiger partial charge is 0.259 e. The summed E-state index contributed by atoms with van der Waals surface area (Å²) < 4.78 is 49.1. The molecule has 3 unspecified atom stereocenters. The summed E-state index contributed by atoms with van der Waals surface area (Å²) >= 11 is 1.70. The zero-order valence-corrected chi connectivity index (χ0v) is 58.6. The minimum atomic E-state index is -1.43. The van der Waals surface area contributed by atoms with E-state index in [-0.39, 0.29) is 5.92 Å². The minimum absolute atomic E-state index is 0.147. The average molecular weight is 1360 g/mol. The van der Waals surface area contributed by atoms with Crippen LogP contribution >= 0.6 is 11.3 Å². The van der Waals surface area contributed by atoms with Gasteiger partial charge in [0.05, 0.1) is 29.9 Å². The van der Waals surface area contributed by atoms with Gasteiger partial charge in [0, 0.05) is 53.8 Å². The maximum Gasteiger partial charge on any atom is 0.259 e. The van der Waals surface area contributed by atoms with Crippen LogP contribution in [-0.2, 0) is 41.4 Å². The number of aryl methyl sites for hydroxylation is 4. The van der Waals surface area contributed by atoms with Gasteiger partial charge >= 0.3 is 0 Å². The SMILES string of the molecule is CCc1c(-c2cccs2)ccc2oc(C3Oc4cccc(-c5nc6ccccc6o5)c4N3C(C)(c3nc4c(CC(c5nc6c(CC)c(N7CCOCC7)ccc6o5)N(CC)c5cccc(C)c5)cccc4o3)C(C)(C)c3nc4c(CCC(c5ccccc5)c5ccccc5)cccc4o3)nc12. The fourth-order valence-electron chi connectivity index (χ4n) is 15.6. The van der Waals surface area contributed by atoms with Crippen LogP contribution in [0, 0.1) is 6.92 Å². The Morgan fingerprint density at radius 3 is 1.96 bits per heavy atom. The minimum Gasteiger partial charge on any atom is -0.459 e. The Kier molecular flexibility index (Phi) is 16.4. The van der Waals surface area contributed by atoms with Crippen LogP contribution in [0.1, 0.15) is 129 Å². The van der Waals surface area contributed by atoms with Gasteiger partial charge in [0.1, 0.15) is 44.9 Å². The molecule has 3 atom stereocenters. The molecular weight excluding hydrogens is 1280 g/mol. The Morgan fingerprint density at radius 2 is 1.23 bits per heavy atom. The quantitative estimate of drug-likeness (QED) is 0.0668. The molecule has 8 heterocycles. The largest absolute Gasteiger partial charge is 0.459 e. The summed E-state index contributed by atoms with van der Waals surface area (Å²) in [7, 11) is 0. The van der Waals surface area contributed by atoms with E-state index in [0.29, 0.717) is 112 Å². The Bertz CT molecular complexity index is 5440. The van der Waals surface area contributed by atoms with Crippen molar-refractivity contribution in [3.05, 3.63) is 268 Å². The first-order valence-electron chi connectivity index (χ1n) is 35.3. The number of nitrogens with zero attached hydrogens (tertiary/aromatic N) is 8. The molecule has 17 rings (SSSR count). The average Bonchev–Trinajstić information content (AvgIpc) is 1.57. The maximum atomic E-state index is 7.58. The molecule has 1 saturated heterocycles. The van der Waals surface area contributed by atoms with Crippen LogP contribution < -0.4 is 19.4 Å². The van der Waals surface area contributed by atoms with Gasteiger partial charge in [-0.15, -0.1) is 11.3 Å². The molecule has 0 aliphatic carbocycles. The van der Waals surface area contributed by atoms with E-state index in [4.69, 9.17) is 56.5 Å². The highest BCUT2D eigenvalue weighted by atomic mass is 32.1. The van der Waals surface area contributed by atoms with Gasteiger partial charge in [-0.3, -0.25) is 0 Å². The zero-order valence-electron chi connectivity index (χ0n) is 57.8. The van der Waals surface area contributed by atoms with E-state index >= 15 is 0 Å². The summed E-state index contributed by atoms with van der Waals surface area (Å²) in [5, 5.41) is 2.11. The van der Waals surface area contributed by atoms with Crippen LogP contribution in [0.25, 0.3) is 77.4 Å². The molecule has 506 valence electrons. The van der Waals surface area contributed by atoms with Crippen LogP contribution in [-0.4, -0.2) is 57.8 Å². The molecule has 15 aromatic rings. The highest BCUT2D eigenvalue weighted by Crippen LogP contribution is 2.60. The first-order valence-corrected chi connectivity index (χ1v) is 36.2. The Morgan fingerprint density at radius 1 is 0.564 bits per heavy atom. The Labute approximate surface area is 590 Å². The number of fused-ring (bicyclic) bond motifs is 6. The van der Waals surface area contributed by atoms with Crippen LogP contribution in [0.4, 0.5) is 17.1 Å². The van der Waals surface area contributed by atoms with Gasteiger partial charge in [0.15, 0.2) is 27.9 Å². The van der Waals surface area contributed by atoms with Crippen LogP contribution in [0.3, 0.4) is 0 Å². The number of thiophene rings is 1. The van der Waals surface area contributed by atoms with Gasteiger partial charge in [-0.25, -0.2) is 24.9 Å². The summed E-state index contributed by atoms with van der Waals surface area (Å²) in [5.74, 6) is 2.88. The third kappa shape index (κ3) is 11.1. The number of aromatic nitrogens is 5. The Balaban J connectivity index is 0.863. The first kappa shape index (κ1) is 63.6. The molecule has 0 bridgehead atoms. The number of para-hydroxylation sites is 5. The fourth-order valence-corrected chi connectivity index (χ4v) is 16.4. The summed E-state index contributed by atoms with van der Waals surface area (Å²) in [6.07, 6.45) is 2.48. The summed E-state index contributed by atoms with van der Waals surface area (Å²) in [4.78, 5) is 36.0. The molecule has 0 radical (unpaired) electrons. The van der Waals surface area contributed by atoms with E-state index in [1.54, 1.807) is 11.3 Å². The van der Waals surface area contributed by atoms with Crippen molar-refractivity contribution in [3.63, 3.8) is 0 Å². The van der Waals surface area contributed by atoms with Gasteiger partial charge < -0.3 is 46.3 Å². The van der Waals surface area contributed by atoms with Gasteiger partial charge in [-0.2, -0.15) is 0 Å². The monoisotopic (exact) mass is 1350 g/mol. The van der Waals surface area contributed by atoms with Crippen molar-refractivity contribution in [3.8, 4) is 27.6 Å². The second-order valence-electron chi connectivity index (χ2n) is 27.2. The van der Waals surface area contributed by atoms with E-state index in [1.165, 1.54) is 16.8 Å². The van der Waals surface area contributed by atoms with Crippen molar-refractivity contribution in [2.75, 3.05) is 47.5 Å². The number of oxazole rings is 5. The maximum absolute atomic E-state index is 7.58. The lowest BCUT2D eigenvalue weighted by Gasteiger charge is -2.48. The molecule has 0 saturated carbocycles. The molecule has 6 aromatic heterocycles. The normalized spacial score (nSPS) is 15.2. The number of morpholine rings is 1. The number of hydrogen-bond donors (Lipinski definition) is 0. The van der Waals surface area contributed by atoms with Crippen LogP contribution in [0.5, 0.6) is 5.75 Å². The van der Waals surface area contributed by atoms with Crippen molar-refractivity contribution < 1.29 is 31.6 Å². The van der Waals surface area contributed by atoms with Crippen molar-refractivity contribution in [1.29, 1.82) is 0 Å². The lowest BCUT2D eigenvalue weighted by atomic mass is 9.71. The van der Waals surface area contributed by atoms with E-state index < -0.39 is 23.2 Å². The third-order valence-corrected chi connectivity index (χ3v) is 22.0. The zero-order chi connectivity index (χ0) is 68.5. The highest BCUT2D eigenvalue weighted by Gasteiger charge is 2.61. The molecule has 9 aromatic carbocycles. The summed E-state index contributed by atoms with van der Waals surface area (Å²) in [5.41, 5.74) is 17.1. The fraction of sp³-hybridized carbons (Fsp3) is 0.259. The number of ether oxygens (including phenoxy) is 2. The van der Waals surface area contributed by atoms with E-state index in [0.717, 1.165) is 98.4 Å². The molecule has 0 N–H and O–H groups in total. The molecule has 15 nitrogen and oxygen atoms in total. The lowest BCUT2D eigenvalue weighted by molar-refractivity contribution is 0.107. The lowest BCUT2D eigenvalue weighted by Crippen LogP contribution is -2.57. The van der Waals surface area contributed by atoms with Gasteiger partial charge in [-0.1, -0.05) is 135 Å². The predicted molar refractivity (Wildman–Crippen MR) is 401 cm³/mol. The van der Waals surface area contributed by atoms with Crippen LogP contribution in [0.2, 0.25) is 0 Å². The molecule has 2 aliphatic rings. The van der Waals surface area contributed by atoms with Crippen LogP contribution in [0.15, 0.2) is 228 Å². The highest BCUT2D eigenvalue weighted by molar-refractivity contribution is 7.13. The van der Waals surface area contributed by atoms with Crippen molar-refractivity contribution >= 4 is 83.9 Å². The second-order valence-corrected chi connectivity index (χ2v) is 28.2. The van der Waals surface area contributed by atoms with E-state index in [9.17, 15) is 0 Å². The topological polar surface area (TPSA) is 158 Å². The third-order valence-electron chi connectivity index (χ3n) is 21.1. The number of likely N-dealkylation sites (N-methyl/N-ethyl adjacent to an activating group) is 1. The number of benzene rings is 9. The van der Waals surface area contributed by atoms with Gasteiger partial charge in [-0.05, 0) is 183 Å². The number of hydrogen-bond acceptors (Lipinski definition) is 16. The molecule has 101 heavy (non-hydrogen) atoms. The van der Waals surface area contributed by atoms with Crippen molar-refractivity contribution in [2.45, 2.75) is 110 Å². The summed E-state index contributed by atoms with van der Waals surface area (Å²) in [6, 6.07) is 68.9. The predicted octanol–water partition coefficient (Wildman–Crippen LogP) is 20.4. The van der Waals surface area contributed by atoms with Gasteiger partial charge in [0.2, 0.25) is 23.6 Å². The molecule has 16 heteroatoms. The molecule has 1 fully saturated rings. The van der Waals surface area contributed by atoms with Crippen molar-refractivity contribution in [1.82, 2.24) is 24.9 Å². The van der Waals surface area contributed by atoms with E-state index in [2.05, 4.69) is 208 Å². The van der Waals surface area contributed by atoms with E-state index in [1.807, 2.05) is 60.7 Å².